The number of hydrogen-bond donors (Lipinski definition) is 1. The first-order valence-corrected chi connectivity index (χ1v) is 10.1. The van der Waals surface area contributed by atoms with Gasteiger partial charge in [0.1, 0.15) is 0 Å². The van der Waals surface area contributed by atoms with Gasteiger partial charge in [0.05, 0.1) is 0 Å². The van der Waals surface area contributed by atoms with Crippen molar-refractivity contribution >= 4 is 11.9 Å². The van der Waals surface area contributed by atoms with Crippen LogP contribution in [0.15, 0.2) is 36.4 Å². The van der Waals surface area contributed by atoms with E-state index in [1.807, 2.05) is 33.8 Å². The molecule has 0 atom stereocenters. The van der Waals surface area contributed by atoms with Crippen LogP contribution in [0.5, 0.6) is 0 Å². The van der Waals surface area contributed by atoms with Crippen LogP contribution in [0.4, 0.5) is 4.79 Å². The zero-order valence-corrected chi connectivity index (χ0v) is 16.1. The molecule has 0 aliphatic carbocycles. The van der Waals surface area contributed by atoms with Crippen LogP contribution >= 0.6 is 0 Å². The summed E-state index contributed by atoms with van der Waals surface area (Å²) in [6.45, 7) is 3.72. The highest BCUT2D eigenvalue weighted by Crippen LogP contribution is 2.17. The molecule has 1 aromatic heterocycles. The third-order valence-corrected chi connectivity index (χ3v) is 5.52. The van der Waals surface area contributed by atoms with E-state index in [0.717, 1.165) is 37.9 Å². The molecule has 3 amide bonds. The standard InChI is InChI=1S/C21H27N5O2/c27-20(19-16-18-8-4-5-11-26(18)23-19)24-12-14-25(15-13-24)21(28)22-10-9-17-6-2-1-3-7-17/h1-3,6-7,16H,4-5,8-15H2,(H,22,28). The van der Waals surface area contributed by atoms with Gasteiger partial charge in [0.25, 0.3) is 5.91 Å². The maximum atomic E-state index is 12.8. The molecule has 0 spiro atoms. The molecule has 2 aliphatic rings. The molecule has 1 saturated heterocycles. The van der Waals surface area contributed by atoms with Gasteiger partial charge in [-0.15, -0.1) is 0 Å². The average molecular weight is 381 g/mol. The number of piperazine rings is 1. The van der Waals surface area contributed by atoms with E-state index in [-0.39, 0.29) is 11.9 Å². The second-order valence-corrected chi connectivity index (χ2v) is 7.45. The second kappa shape index (κ2) is 8.46. The van der Waals surface area contributed by atoms with Crippen LogP contribution in [0, 0.1) is 0 Å². The van der Waals surface area contributed by atoms with E-state index >= 15 is 0 Å². The fraction of sp³-hybridized carbons (Fsp3) is 0.476. The van der Waals surface area contributed by atoms with Gasteiger partial charge in [-0.25, -0.2) is 4.79 Å². The number of fused-ring (bicyclic) bond motifs is 1. The van der Waals surface area contributed by atoms with E-state index < -0.39 is 0 Å². The summed E-state index contributed by atoms with van der Waals surface area (Å²) < 4.78 is 1.97. The molecule has 4 rings (SSSR count). The largest absolute Gasteiger partial charge is 0.338 e. The number of urea groups is 1. The van der Waals surface area contributed by atoms with E-state index in [4.69, 9.17) is 0 Å². The predicted octanol–water partition coefficient (Wildman–Crippen LogP) is 1.93. The third kappa shape index (κ3) is 4.18. The highest BCUT2D eigenvalue weighted by atomic mass is 16.2. The summed E-state index contributed by atoms with van der Waals surface area (Å²) in [5.41, 5.74) is 2.91. The van der Waals surface area contributed by atoms with Crippen molar-refractivity contribution < 1.29 is 9.59 Å². The fourth-order valence-corrected chi connectivity index (χ4v) is 3.87. The van der Waals surface area contributed by atoms with Gasteiger partial charge in [-0.1, -0.05) is 30.3 Å². The molecule has 0 saturated carbocycles. The molecule has 0 unspecified atom stereocenters. The lowest BCUT2D eigenvalue weighted by molar-refractivity contribution is 0.0658. The molecule has 28 heavy (non-hydrogen) atoms. The van der Waals surface area contributed by atoms with Crippen molar-refractivity contribution in [2.24, 2.45) is 0 Å². The Hall–Kier alpha value is -2.83. The van der Waals surface area contributed by atoms with E-state index in [0.29, 0.717) is 38.4 Å². The molecule has 3 heterocycles. The highest BCUT2D eigenvalue weighted by Gasteiger charge is 2.27. The fourth-order valence-electron chi connectivity index (χ4n) is 3.87. The second-order valence-electron chi connectivity index (χ2n) is 7.45. The number of nitrogens with zero attached hydrogens (tertiary/aromatic N) is 4. The van der Waals surface area contributed by atoms with Crippen LogP contribution in [0.2, 0.25) is 0 Å². The van der Waals surface area contributed by atoms with Gasteiger partial charge in [0.2, 0.25) is 0 Å². The third-order valence-electron chi connectivity index (χ3n) is 5.52. The average Bonchev–Trinajstić information content (AvgIpc) is 3.18. The van der Waals surface area contributed by atoms with Crippen LogP contribution in [-0.2, 0) is 19.4 Å². The number of carbonyl (C=O) groups excluding carboxylic acids is 2. The molecule has 1 aromatic carbocycles. The number of hydrogen-bond acceptors (Lipinski definition) is 3. The topological polar surface area (TPSA) is 70.5 Å². The van der Waals surface area contributed by atoms with E-state index in [9.17, 15) is 9.59 Å². The van der Waals surface area contributed by atoms with Crippen molar-refractivity contribution in [3.63, 3.8) is 0 Å². The van der Waals surface area contributed by atoms with Crippen LogP contribution in [0.1, 0.15) is 34.6 Å². The van der Waals surface area contributed by atoms with Crippen molar-refractivity contribution in [3.05, 3.63) is 53.3 Å². The maximum absolute atomic E-state index is 12.8. The Morgan fingerprint density at radius 3 is 2.46 bits per heavy atom. The minimum atomic E-state index is -0.0551. The first-order chi connectivity index (χ1) is 13.7. The number of benzene rings is 1. The van der Waals surface area contributed by atoms with Crippen LogP contribution in [0.3, 0.4) is 0 Å². The molecule has 7 heteroatoms. The minimum Gasteiger partial charge on any atom is -0.338 e. The van der Waals surface area contributed by atoms with Crippen molar-refractivity contribution in [1.82, 2.24) is 24.9 Å². The lowest BCUT2D eigenvalue weighted by Gasteiger charge is -2.34. The number of rotatable bonds is 4. The Bertz CT molecular complexity index is 801. The zero-order valence-electron chi connectivity index (χ0n) is 16.1. The first-order valence-electron chi connectivity index (χ1n) is 10.1. The Labute approximate surface area is 165 Å². The predicted molar refractivity (Wildman–Crippen MR) is 106 cm³/mol. The molecule has 0 bridgehead atoms. The summed E-state index contributed by atoms with van der Waals surface area (Å²) in [6.07, 6.45) is 4.10. The Morgan fingerprint density at radius 2 is 1.71 bits per heavy atom. The van der Waals surface area contributed by atoms with Crippen LogP contribution in [0.25, 0.3) is 0 Å². The summed E-state index contributed by atoms with van der Waals surface area (Å²) >= 11 is 0. The molecule has 1 N–H and O–H groups in total. The van der Waals surface area contributed by atoms with Crippen molar-refractivity contribution in [2.75, 3.05) is 32.7 Å². The Balaban J connectivity index is 1.24. The molecular weight excluding hydrogens is 354 g/mol. The van der Waals surface area contributed by atoms with Gasteiger partial charge in [-0.3, -0.25) is 9.48 Å². The van der Waals surface area contributed by atoms with E-state index in [2.05, 4.69) is 22.5 Å². The number of aromatic nitrogens is 2. The summed E-state index contributed by atoms with van der Waals surface area (Å²) in [5, 5.41) is 7.46. The molecule has 7 nitrogen and oxygen atoms in total. The van der Waals surface area contributed by atoms with Gasteiger partial charge in [0.15, 0.2) is 5.69 Å². The lowest BCUT2D eigenvalue weighted by atomic mass is 10.1. The number of amides is 3. The lowest BCUT2D eigenvalue weighted by Crippen LogP contribution is -2.53. The normalized spacial score (nSPS) is 16.6. The van der Waals surface area contributed by atoms with Crippen molar-refractivity contribution in [3.8, 4) is 0 Å². The first kappa shape index (κ1) is 18.5. The summed E-state index contributed by atoms with van der Waals surface area (Å²) in [5.74, 6) is -0.0222. The van der Waals surface area contributed by atoms with Crippen LogP contribution in [-0.4, -0.2) is 64.2 Å². The number of carbonyl (C=O) groups is 2. The zero-order chi connectivity index (χ0) is 19.3. The highest BCUT2D eigenvalue weighted by molar-refractivity contribution is 5.92. The SMILES string of the molecule is O=C(NCCc1ccccc1)N1CCN(C(=O)c2cc3n(n2)CCCC3)CC1. The molecule has 1 fully saturated rings. The summed E-state index contributed by atoms with van der Waals surface area (Å²) in [6, 6.07) is 12.0. The Morgan fingerprint density at radius 1 is 0.964 bits per heavy atom. The smallest absolute Gasteiger partial charge is 0.317 e. The molecule has 0 radical (unpaired) electrons. The quantitative estimate of drug-likeness (QED) is 0.880. The molecule has 2 aliphatic heterocycles. The van der Waals surface area contributed by atoms with Crippen molar-refractivity contribution in [2.45, 2.75) is 32.2 Å². The number of aryl methyl sites for hydroxylation is 2. The summed E-state index contributed by atoms with van der Waals surface area (Å²) in [7, 11) is 0. The maximum Gasteiger partial charge on any atom is 0.317 e. The van der Waals surface area contributed by atoms with Gasteiger partial charge >= 0.3 is 6.03 Å². The Kier molecular flexibility index (Phi) is 5.60. The monoisotopic (exact) mass is 381 g/mol. The van der Waals surface area contributed by atoms with E-state index in [1.54, 1.807) is 4.90 Å². The van der Waals surface area contributed by atoms with Crippen molar-refractivity contribution in [1.29, 1.82) is 0 Å². The number of nitrogens with one attached hydrogen (secondary N) is 1. The molecule has 2 aromatic rings. The minimum absolute atomic E-state index is 0.0222. The van der Waals surface area contributed by atoms with E-state index in [1.165, 1.54) is 5.56 Å². The molecule has 148 valence electrons. The van der Waals surface area contributed by atoms with Gasteiger partial charge in [0, 0.05) is 45.0 Å². The summed E-state index contributed by atoms with van der Waals surface area (Å²) in [4.78, 5) is 28.7. The van der Waals surface area contributed by atoms with Crippen LogP contribution < -0.4 is 5.32 Å². The van der Waals surface area contributed by atoms with Gasteiger partial charge in [-0.2, -0.15) is 5.10 Å². The molecular formula is C21H27N5O2. The van der Waals surface area contributed by atoms with Gasteiger partial charge < -0.3 is 15.1 Å². The van der Waals surface area contributed by atoms with Gasteiger partial charge in [-0.05, 0) is 37.3 Å².